The van der Waals surface area contributed by atoms with Crippen molar-refractivity contribution in [3.8, 4) is 0 Å². The zero-order chi connectivity index (χ0) is 33.7. The van der Waals surface area contributed by atoms with Crippen molar-refractivity contribution >= 4 is 14.3 Å². The third kappa shape index (κ3) is 9.78. The molecule has 6 nitrogen and oxygen atoms in total. The monoisotopic (exact) mass is 648 g/mol. The molecule has 0 radical (unpaired) electrons. The van der Waals surface area contributed by atoms with E-state index in [0.717, 1.165) is 32.1 Å². The predicted molar refractivity (Wildman–Crippen MR) is 187 cm³/mol. The molecule has 2 heterocycles. The molecule has 0 aromatic heterocycles. The molecule has 0 spiro atoms. The fourth-order valence-electron chi connectivity index (χ4n) is 7.82. The van der Waals surface area contributed by atoms with Gasteiger partial charge in [0.1, 0.15) is 0 Å². The van der Waals surface area contributed by atoms with Crippen molar-refractivity contribution in [1.29, 1.82) is 0 Å². The molecule has 3 fully saturated rings. The molecule has 0 aromatic carbocycles. The van der Waals surface area contributed by atoms with E-state index >= 15 is 0 Å². The van der Waals surface area contributed by atoms with Gasteiger partial charge in [-0.2, -0.15) is 0 Å². The lowest BCUT2D eigenvalue weighted by Crippen LogP contribution is -2.43. The zero-order valence-electron chi connectivity index (χ0n) is 31.1. The number of allylic oxidation sites excluding steroid dienone is 1. The van der Waals surface area contributed by atoms with Crippen LogP contribution in [0.3, 0.4) is 0 Å². The lowest BCUT2D eigenvalue weighted by atomic mass is 9.66. The normalized spacial score (nSPS) is 35.8. The molecular weight excluding hydrogens is 580 g/mol. The second-order valence-corrected chi connectivity index (χ2v) is 21.2. The Kier molecular flexibility index (Phi) is 14.0. The first-order valence-corrected chi connectivity index (χ1v) is 20.9. The summed E-state index contributed by atoms with van der Waals surface area (Å²) in [5, 5.41) is 0.124. The van der Waals surface area contributed by atoms with Crippen molar-refractivity contribution in [3.05, 3.63) is 23.8 Å². The van der Waals surface area contributed by atoms with Crippen molar-refractivity contribution in [1.82, 2.24) is 0 Å². The van der Waals surface area contributed by atoms with Gasteiger partial charge >= 0.3 is 5.97 Å². The third-order valence-electron chi connectivity index (χ3n) is 12.0. The molecule has 0 N–H and O–H groups in total. The first-order valence-electron chi connectivity index (χ1n) is 17.9. The van der Waals surface area contributed by atoms with Gasteiger partial charge in [0.05, 0.1) is 50.2 Å². The smallest absolute Gasteiger partial charge is 0.308 e. The van der Waals surface area contributed by atoms with Gasteiger partial charge in [0, 0.05) is 13.0 Å². The van der Waals surface area contributed by atoms with E-state index in [1.807, 2.05) is 0 Å². The largest absolute Gasteiger partial charge is 0.469 e. The molecule has 2 saturated heterocycles. The van der Waals surface area contributed by atoms with Gasteiger partial charge in [0.2, 0.25) is 0 Å². The Balaban J connectivity index is 1.86. The van der Waals surface area contributed by atoms with Crippen LogP contribution in [0.25, 0.3) is 0 Å². The van der Waals surface area contributed by atoms with Gasteiger partial charge in [-0.1, -0.05) is 86.5 Å². The SMILES string of the molecule is COC(=O)[C@H](C)[C@H]1[C@H](C)CCC[C@@H]1/C=C(\CO[Si](C)(C)C(C)(C)C)[C@@H]1O[C@H](/C=C/[C@H](C)[C@@H]2O[C@@H]([C@H](C)OC)C[C@@H]2C)CC[C@H]1C. The molecule has 45 heavy (non-hydrogen) atoms. The topological polar surface area (TPSA) is 63.2 Å². The van der Waals surface area contributed by atoms with E-state index < -0.39 is 8.32 Å². The van der Waals surface area contributed by atoms with E-state index in [1.54, 1.807) is 7.11 Å². The van der Waals surface area contributed by atoms with Crippen LogP contribution in [0, 0.1) is 41.4 Å². The summed E-state index contributed by atoms with van der Waals surface area (Å²) in [6.45, 7) is 25.5. The van der Waals surface area contributed by atoms with Crippen LogP contribution in [0.15, 0.2) is 23.8 Å². The Morgan fingerprint density at radius 1 is 0.956 bits per heavy atom. The molecule has 0 aromatic rings. The molecule has 0 unspecified atom stereocenters. The van der Waals surface area contributed by atoms with Crippen molar-refractivity contribution < 1.29 is 28.2 Å². The van der Waals surface area contributed by atoms with Crippen LogP contribution in [0.2, 0.25) is 18.1 Å². The van der Waals surface area contributed by atoms with Crippen LogP contribution in [0.4, 0.5) is 0 Å². The number of hydrogen-bond donors (Lipinski definition) is 0. The maximum atomic E-state index is 12.8. The molecule has 3 aliphatic rings. The molecule has 0 amide bonds. The third-order valence-corrected chi connectivity index (χ3v) is 16.5. The number of carbonyl (C=O) groups is 1. The van der Waals surface area contributed by atoms with Crippen molar-refractivity contribution in [2.45, 2.75) is 149 Å². The van der Waals surface area contributed by atoms with Gasteiger partial charge in [-0.15, -0.1) is 0 Å². The second kappa shape index (κ2) is 16.4. The van der Waals surface area contributed by atoms with Crippen LogP contribution in [0.1, 0.15) is 101 Å². The zero-order valence-corrected chi connectivity index (χ0v) is 32.1. The Morgan fingerprint density at radius 2 is 1.64 bits per heavy atom. The Bertz CT molecular complexity index is 1000. The summed E-state index contributed by atoms with van der Waals surface area (Å²) in [6.07, 6.45) is 14.2. The van der Waals surface area contributed by atoms with E-state index in [4.69, 9.17) is 23.4 Å². The highest BCUT2D eigenvalue weighted by Crippen LogP contribution is 2.43. The number of ether oxygens (including phenoxy) is 4. The van der Waals surface area contributed by atoms with Gasteiger partial charge in [-0.05, 0) is 85.9 Å². The molecule has 1 aliphatic carbocycles. The number of methoxy groups -OCH3 is 2. The highest BCUT2D eigenvalue weighted by molar-refractivity contribution is 6.74. The molecule has 260 valence electrons. The van der Waals surface area contributed by atoms with Gasteiger partial charge in [0.15, 0.2) is 8.32 Å². The predicted octanol–water partition coefficient (Wildman–Crippen LogP) is 9.00. The Morgan fingerprint density at radius 3 is 2.27 bits per heavy atom. The maximum absolute atomic E-state index is 12.8. The highest BCUT2D eigenvalue weighted by Gasteiger charge is 2.42. The molecule has 3 rings (SSSR count). The Hall–Kier alpha value is -0.993. The van der Waals surface area contributed by atoms with Crippen molar-refractivity contribution in [3.63, 3.8) is 0 Å². The second-order valence-electron chi connectivity index (χ2n) is 16.4. The fourth-order valence-corrected chi connectivity index (χ4v) is 8.78. The standard InChI is InChI=1S/C38H68O6Si/c1-24-15-14-16-30(34(24)28(5)37(39)41-11)22-31(23-42-45(12,13)38(7,8)9)36-26(3)18-20-32(43-36)19-17-25(2)35-27(4)21-33(44-35)29(6)40-10/h17,19,22,24-30,32-36H,14-16,18,20-21,23H2,1-13H3/b19-17+,31-22+/t24-,25+,26-,27+,28-,29+,30-,32-,33-,34-,35+,36-/m1/s1. The van der Waals surface area contributed by atoms with E-state index in [2.05, 4.69) is 93.6 Å². The van der Waals surface area contributed by atoms with Crippen LogP contribution in [-0.4, -0.2) is 65.6 Å². The number of rotatable bonds is 12. The van der Waals surface area contributed by atoms with E-state index in [0.29, 0.717) is 36.2 Å². The summed E-state index contributed by atoms with van der Waals surface area (Å²) in [7, 11) is 1.29. The van der Waals surface area contributed by atoms with Crippen LogP contribution in [-0.2, 0) is 28.2 Å². The number of hydrogen-bond acceptors (Lipinski definition) is 6. The van der Waals surface area contributed by atoms with Crippen LogP contribution in [0.5, 0.6) is 0 Å². The lowest BCUT2D eigenvalue weighted by molar-refractivity contribution is -0.148. The quantitative estimate of drug-likeness (QED) is 0.120. The van der Waals surface area contributed by atoms with Crippen LogP contribution < -0.4 is 0 Å². The molecule has 1 saturated carbocycles. The summed E-state index contributed by atoms with van der Waals surface area (Å²) < 4.78 is 31.2. The molecule has 0 bridgehead atoms. The fraction of sp³-hybridized carbons (Fsp3) is 0.868. The van der Waals surface area contributed by atoms with Gasteiger partial charge in [-0.25, -0.2) is 0 Å². The summed E-state index contributed by atoms with van der Waals surface area (Å²) in [6, 6.07) is 0. The minimum Gasteiger partial charge on any atom is -0.469 e. The van der Waals surface area contributed by atoms with E-state index in [-0.39, 0.29) is 53.4 Å². The summed E-state index contributed by atoms with van der Waals surface area (Å²) in [4.78, 5) is 12.8. The lowest BCUT2D eigenvalue weighted by Gasteiger charge is -2.41. The van der Waals surface area contributed by atoms with E-state index in [1.165, 1.54) is 19.1 Å². The van der Waals surface area contributed by atoms with Crippen LogP contribution >= 0.6 is 0 Å². The van der Waals surface area contributed by atoms with E-state index in [9.17, 15) is 4.79 Å². The molecule has 7 heteroatoms. The highest BCUT2D eigenvalue weighted by atomic mass is 28.4. The summed E-state index contributed by atoms with van der Waals surface area (Å²) >= 11 is 0. The minimum atomic E-state index is -1.99. The number of carbonyl (C=O) groups excluding carboxylic acids is 1. The number of esters is 1. The maximum Gasteiger partial charge on any atom is 0.308 e. The average molecular weight is 649 g/mol. The van der Waals surface area contributed by atoms with Gasteiger partial charge < -0.3 is 23.4 Å². The van der Waals surface area contributed by atoms with Gasteiger partial charge in [-0.3, -0.25) is 4.79 Å². The van der Waals surface area contributed by atoms with Gasteiger partial charge in [0.25, 0.3) is 0 Å². The molecule has 12 atom stereocenters. The summed E-state index contributed by atoms with van der Waals surface area (Å²) in [5.41, 5.74) is 1.27. The van der Waals surface area contributed by atoms with Crippen molar-refractivity contribution in [2.75, 3.05) is 20.8 Å². The minimum absolute atomic E-state index is 0.00613. The average Bonchev–Trinajstić information content (AvgIpc) is 3.38. The Labute approximate surface area is 277 Å². The molecular formula is C38H68O6Si. The molecule has 2 aliphatic heterocycles. The van der Waals surface area contributed by atoms with Crippen molar-refractivity contribution in [2.24, 2.45) is 41.4 Å². The first kappa shape index (κ1) is 38.5. The first-order chi connectivity index (χ1) is 21.0. The summed E-state index contributed by atoms with van der Waals surface area (Å²) in [5.74, 6) is 1.97.